The van der Waals surface area contributed by atoms with Gasteiger partial charge < -0.3 is 5.11 Å². The van der Waals surface area contributed by atoms with Crippen molar-refractivity contribution >= 4 is 0 Å². The van der Waals surface area contributed by atoms with Crippen molar-refractivity contribution in [1.82, 2.24) is 0 Å². The van der Waals surface area contributed by atoms with Crippen LogP contribution in [0.3, 0.4) is 0 Å². The third-order valence-corrected chi connectivity index (χ3v) is 2.86. The summed E-state index contributed by atoms with van der Waals surface area (Å²) in [5.41, 5.74) is 2.46. The van der Waals surface area contributed by atoms with E-state index in [-0.39, 0.29) is 5.41 Å². The van der Waals surface area contributed by atoms with E-state index in [1.165, 1.54) is 5.56 Å². The van der Waals surface area contributed by atoms with E-state index >= 15 is 0 Å². The minimum atomic E-state index is 0.207. The van der Waals surface area contributed by atoms with Crippen LogP contribution in [-0.4, -0.2) is 5.11 Å². The molecule has 0 spiro atoms. The number of hydrogen-bond donors (Lipinski definition) is 1. The van der Waals surface area contributed by atoms with Crippen molar-refractivity contribution in [2.75, 3.05) is 0 Å². The van der Waals surface area contributed by atoms with E-state index in [4.69, 9.17) is 0 Å². The Hall–Kier alpha value is -0.980. The second-order valence-electron chi connectivity index (χ2n) is 4.24. The molecule has 0 amide bonds. The molecule has 1 aromatic carbocycles. The van der Waals surface area contributed by atoms with Gasteiger partial charge in [0, 0.05) is 0 Å². The van der Waals surface area contributed by atoms with Crippen molar-refractivity contribution < 1.29 is 5.11 Å². The SMILES string of the molecule is CC.CCC(C)(C)c1ccc(O)c(C)c1. The molecule has 0 aliphatic rings. The van der Waals surface area contributed by atoms with Crippen molar-refractivity contribution in [3.05, 3.63) is 29.3 Å². The van der Waals surface area contributed by atoms with Gasteiger partial charge in [0.15, 0.2) is 0 Å². The number of rotatable bonds is 2. The van der Waals surface area contributed by atoms with Crippen molar-refractivity contribution in [2.24, 2.45) is 0 Å². The van der Waals surface area contributed by atoms with Crippen LogP contribution < -0.4 is 0 Å². The molecule has 0 aliphatic carbocycles. The van der Waals surface area contributed by atoms with E-state index in [1.54, 1.807) is 6.07 Å². The molecule has 1 rings (SSSR count). The first-order valence-corrected chi connectivity index (χ1v) is 5.77. The minimum absolute atomic E-state index is 0.207. The number of benzene rings is 1. The maximum atomic E-state index is 9.38. The predicted octanol–water partition coefficient (Wildman–Crippen LogP) is 4.41. The normalized spacial score (nSPS) is 10.5. The summed E-state index contributed by atoms with van der Waals surface area (Å²) < 4.78 is 0. The van der Waals surface area contributed by atoms with Gasteiger partial charge in [-0.2, -0.15) is 0 Å². The Morgan fingerprint density at radius 3 is 2.13 bits per heavy atom. The van der Waals surface area contributed by atoms with Crippen LogP contribution in [0.15, 0.2) is 18.2 Å². The topological polar surface area (TPSA) is 20.2 Å². The van der Waals surface area contributed by atoms with Gasteiger partial charge in [-0.05, 0) is 36.0 Å². The lowest BCUT2D eigenvalue weighted by molar-refractivity contribution is 0.467. The van der Waals surface area contributed by atoms with Gasteiger partial charge in [-0.1, -0.05) is 46.8 Å². The third kappa shape index (κ3) is 3.58. The molecule has 15 heavy (non-hydrogen) atoms. The number of phenols is 1. The summed E-state index contributed by atoms with van der Waals surface area (Å²) in [5.74, 6) is 0.385. The standard InChI is InChI=1S/C12H18O.C2H6/c1-5-12(3,4)10-6-7-11(13)9(2)8-10;1-2/h6-8,13H,5H2,1-4H3;1-2H3. The number of aryl methyl sites for hydroxylation is 1. The van der Waals surface area contributed by atoms with Crippen LogP contribution in [-0.2, 0) is 5.41 Å². The highest BCUT2D eigenvalue weighted by molar-refractivity contribution is 5.37. The lowest BCUT2D eigenvalue weighted by Crippen LogP contribution is -2.15. The number of hydrogen-bond acceptors (Lipinski definition) is 1. The molecule has 0 aliphatic heterocycles. The quantitative estimate of drug-likeness (QED) is 0.763. The van der Waals surface area contributed by atoms with Gasteiger partial charge in [0.05, 0.1) is 0 Å². The van der Waals surface area contributed by atoms with Crippen LogP contribution in [0.25, 0.3) is 0 Å². The number of phenolic OH excluding ortho intramolecular Hbond substituents is 1. The fourth-order valence-electron chi connectivity index (χ4n) is 1.28. The van der Waals surface area contributed by atoms with Crippen LogP contribution >= 0.6 is 0 Å². The zero-order valence-electron chi connectivity index (χ0n) is 10.9. The van der Waals surface area contributed by atoms with Crippen molar-refractivity contribution in [2.45, 2.75) is 53.4 Å². The maximum absolute atomic E-state index is 9.38. The summed E-state index contributed by atoms with van der Waals surface area (Å²) in [4.78, 5) is 0. The highest BCUT2D eigenvalue weighted by Crippen LogP contribution is 2.29. The lowest BCUT2D eigenvalue weighted by Gasteiger charge is -2.23. The van der Waals surface area contributed by atoms with E-state index in [2.05, 4.69) is 26.8 Å². The van der Waals surface area contributed by atoms with E-state index in [9.17, 15) is 5.11 Å². The first kappa shape index (κ1) is 14.0. The molecule has 1 aromatic rings. The van der Waals surface area contributed by atoms with Gasteiger partial charge in [0.1, 0.15) is 5.75 Å². The summed E-state index contributed by atoms with van der Waals surface area (Å²) in [7, 11) is 0. The molecule has 0 atom stereocenters. The van der Waals surface area contributed by atoms with Gasteiger partial charge in [-0.25, -0.2) is 0 Å². The zero-order valence-corrected chi connectivity index (χ0v) is 10.9. The fourth-order valence-corrected chi connectivity index (χ4v) is 1.28. The van der Waals surface area contributed by atoms with Crippen LogP contribution in [0, 0.1) is 6.92 Å². The Balaban J connectivity index is 0.000000921. The van der Waals surface area contributed by atoms with Gasteiger partial charge in [-0.15, -0.1) is 0 Å². The molecule has 0 fully saturated rings. The molecule has 0 bridgehead atoms. The minimum Gasteiger partial charge on any atom is -0.508 e. The Kier molecular flexibility index (Phi) is 5.41. The van der Waals surface area contributed by atoms with E-state index < -0.39 is 0 Å². The maximum Gasteiger partial charge on any atom is 0.118 e. The summed E-state index contributed by atoms with van der Waals surface area (Å²) >= 11 is 0. The molecule has 1 nitrogen and oxygen atoms in total. The average Bonchev–Trinajstić information content (AvgIpc) is 2.25. The van der Waals surface area contributed by atoms with Crippen molar-refractivity contribution in [3.8, 4) is 5.75 Å². The molecule has 0 radical (unpaired) electrons. The molecule has 0 saturated heterocycles. The highest BCUT2D eigenvalue weighted by Gasteiger charge is 2.18. The smallest absolute Gasteiger partial charge is 0.118 e. The molecule has 1 heteroatoms. The monoisotopic (exact) mass is 208 g/mol. The molecular weight excluding hydrogens is 184 g/mol. The molecule has 0 unspecified atom stereocenters. The Morgan fingerprint density at radius 1 is 1.20 bits per heavy atom. The van der Waals surface area contributed by atoms with Crippen molar-refractivity contribution in [3.63, 3.8) is 0 Å². The van der Waals surface area contributed by atoms with Crippen LogP contribution in [0.2, 0.25) is 0 Å². The van der Waals surface area contributed by atoms with Gasteiger partial charge in [0.25, 0.3) is 0 Å². The molecule has 1 N–H and O–H groups in total. The fraction of sp³-hybridized carbons (Fsp3) is 0.571. The Morgan fingerprint density at radius 2 is 1.73 bits per heavy atom. The second-order valence-corrected chi connectivity index (χ2v) is 4.24. The molecule has 0 heterocycles. The predicted molar refractivity (Wildman–Crippen MR) is 67.5 cm³/mol. The average molecular weight is 208 g/mol. The molecular formula is C14H24O. The Labute approximate surface area is 94.2 Å². The lowest BCUT2D eigenvalue weighted by atomic mass is 9.82. The van der Waals surface area contributed by atoms with E-state index in [1.807, 2.05) is 26.8 Å². The molecule has 0 aromatic heterocycles. The largest absolute Gasteiger partial charge is 0.508 e. The third-order valence-electron chi connectivity index (χ3n) is 2.86. The first-order valence-electron chi connectivity index (χ1n) is 5.77. The number of aromatic hydroxyl groups is 1. The van der Waals surface area contributed by atoms with E-state index in [0.717, 1.165) is 12.0 Å². The van der Waals surface area contributed by atoms with Gasteiger partial charge in [-0.3, -0.25) is 0 Å². The van der Waals surface area contributed by atoms with Crippen LogP contribution in [0.5, 0.6) is 5.75 Å². The summed E-state index contributed by atoms with van der Waals surface area (Å²) in [6.45, 7) is 12.6. The second kappa shape index (κ2) is 5.79. The van der Waals surface area contributed by atoms with Gasteiger partial charge >= 0.3 is 0 Å². The van der Waals surface area contributed by atoms with Crippen molar-refractivity contribution in [1.29, 1.82) is 0 Å². The molecule has 86 valence electrons. The highest BCUT2D eigenvalue weighted by atomic mass is 16.3. The van der Waals surface area contributed by atoms with Crippen LogP contribution in [0.4, 0.5) is 0 Å². The summed E-state index contributed by atoms with van der Waals surface area (Å²) in [6.07, 6.45) is 1.11. The summed E-state index contributed by atoms with van der Waals surface area (Å²) in [6, 6.07) is 5.85. The van der Waals surface area contributed by atoms with Gasteiger partial charge in [0.2, 0.25) is 0 Å². The molecule has 0 saturated carbocycles. The van der Waals surface area contributed by atoms with Crippen LogP contribution in [0.1, 0.15) is 52.2 Å². The summed E-state index contributed by atoms with van der Waals surface area (Å²) in [5, 5.41) is 9.38. The van der Waals surface area contributed by atoms with E-state index in [0.29, 0.717) is 5.75 Å². The zero-order chi connectivity index (χ0) is 12.1. The first-order chi connectivity index (χ1) is 6.97. The Bertz CT molecular complexity index is 300.